The molecule has 0 radical (unpaired) electrons. The molecule has 0 saturated heterocycles. The number of para-hydroxylation sites is 1. The summed E-state index contributed by atoms with van der Waals surface area (Å²) in [6.07, 6.45) is 0. The summed E-state index contributed by atoms with van der Waals surface area (Å²) in [6.45, 7) is 4.28. The number of hydrogen-bond acceptors (Lipinski definition) is 3. The fourth-order valence-corrected chi connectivity index (χ4v) is 2.88. The summed E-state index contributed by atoms with van der Waals surface area (Å²) in [5.74, 6) is 0.280. The Morgan fingerprint density at radius 2 is 1.85 bits per heavy atom. The van der Waals surface area contributed by atoms with Crippen molar-refractivity contribution in [1.82, 2.24) is 5.01 Å². The quantitative estimate of drug-likeness (QED) is 0.870. The van der Waals surface area contributed by atoms with Crippen molar-refractivity contribution < 1.29 is 5.11 Å². The topological polar surface area (TPSA) is 35.5 Å². The van der Waals surface area contributed by atoms with Crippen molar-refractivity contribution in [3.63, 3.8) is 0 Å². The first-order valence-electron chi connectivity index (χ1n) is 6.70. The van der Waals surface area contributed by atoms with Crippen LogP contribution in [-0.2, 0) is 0 Å². The van der Waals surface area contributed by atoms with Crippen molar-refractivity contribution in [3.05, 3.63) is 58.6 Å². The second-order valence-corrected chi connectivity index (χ2v) is 5.72. The zero-order valence-corrected chi connectivity index (χ0v) is 12.2. The average Bonchev–Trinajstić information content (AvgIpc) is 2.81. The van der Waals surface area contributed by atoms with Gasteiger partial charge in [-0.1, -0.05) is 35.9 Å². The summed E-state index contributed by atoms with van der Waals surface area (Å²) in [5.41, 5.74) is 6.67. The van der Waals surface area contributed by atoms with Crippen LogP contribution in [0.5, 0.6) is 5.75 Å². The standard InChI is InChI=1S/C16H17ClN2O/c1-10(2)19-16(11-6-8-12(20)9-7-11)13-4-3-5-14(17)15(13)18-19/h3-10,16,18,20H,1-2H3. The highest BCUT2D eigenvalue weighted by molar-refractivity contribution is 6.33. The Morgan fingerprint density at radius 3 is 2.50 bits per heavy atom. The fraction of sp³-hybridized carbons (Fsp3) is 0.250. The second kappa shape index (κ2) is 5.00. The zero-order chi connectivity index (χ0) is 14.3. The van der Waals surface area contributed by atoms with Crippen molar-refractivity contribution in [3.8, 4) is 5.75 Å². The maximum atomic E-state index is 9.46. The number of rotatable bonds is 2. The molecule has 3 nitrogen and oxygen atoms in total. The third-order valence-corrected chi connectivity index (χ3v) is 3.94. The molecule has 0 amide bonds. The monoisotopic (exact) mass is 288 g/mol. The number of nitrogens with zero attached hydrogens (tertiary/aromatic N) is 1. The number of hydrazine groups is 1. The summed E-state index contributed by atoms with van der Waals surface area (Å²) < 4.78 is 0. The van der Waals surface area contributed by atoms with Gasteiger partial charge < -0.3 is 10.5 Å². The molecule has 1 atom stereocenters. The Labute approximate surface area is 123 Å². The van der Waals surface area contributed by atoms with Gasteiger partial charge >= 0.3 is 0 Å². The number of nitrogens with one attached hydrogen (secondary N) is 1. The minimum Gasteiger partial charge on any atom is -0.508 e. The molecule has 1 aliphatic heterocycles. The van der Waals surface area contributed by atoms with Crippen molar-refractivity contribution in [2.24, 2.45) is 0 Å². The van der Waals surface area contributed by atoms with E-state index in [1.807, 2.05) is 24.3 Å². The van der Waals surface area contributed by atoms with Gasteiger partial charge in [0.1, 0.15) is 5.75 Å². The number of phenolic OH excluding ortho intramolecular Hbond substituents is 1. The molecule has 2 aromatic carbocycles. The average molecular weight is 289 g/mol. The molecule has 0 aromatic heterocycles. The van der Waals surface area contributed by atoms with Gasteiger partial charge in [0, 0.05) is 11.6 Å². The molecular formula is C16H17ClN2O. The number of benzene rings is 2. The van der Waals surface area contributed by atoms with E-state index in [1.165, 1.54) is 0 Å². The van der Waals surface area contributed by atoms with Crippen molar-refractivity contribution in [1.29, 1.82) is 0 Å². The largest absolute Gasteiger partial charge is 0.508 e. The lowest BCUT2D eigenvalue weighted by Crippen LogP contribution is -2.35. The first-order valence-corrected chi connectivity index (χ1v) is 7.08. The van der Waals surface area contributed by atoms with Gasteiger partial charge in [0.25, 0.3) is 0 Å². The number of halogens is 1. The highest BCUT2D eigenvalue weighted by Gasteiger charge is 2.34. The molecule has 1 aliphatic rings. The Kier molecular flexibility index (Phi) is 3.32. The van der Waals surface area contributed by atoms with Crippen LogP contribution in [0.4, 0.5) is 5.69 Å². The molecule has 0 saturated carbocycles. The van der Waals surface area contributed by atoms with Crippen LogP contribution in [0, 0.1) is 0 Å². The number of aromatic hydroxyl groups is 1. The van der Waals surface area contributed by atoms with Crippen LogP contribution < -0.4 is 5.43 Å². The van der Waals surface area contributed by atoms with Crippen LogP contribution in [-0.4, -0.2) is 16.2 Å². The molecule has 0 fully saturated rings. The van der Waals surface area contributed by atoms with E-state index in [0.29, 0.717) is 6.04 Å². The Bertz CT molecular complexity index is 625. The van der Waals surface area contributed by atoms with E-state index in [0.717, 1.165) is 21.8 Å². The predicted octanol–water partition coefficient (Wildman–Crippen LogP) is 4.19. The molecule has 1 unspecified atom stereocenters. The van der Waals surface area contributed by atoms with Gasteiger partial charge in [-0.15, -0.1) is 0 Å². The van der Waals surface area contributed by atoms with Gasteiger partial charge in [0.2, 0.25) is 0 Å². The molecule has 3 rings (SSSR count). The molecule has 104 valence electrons. The van der Waals surface area contributed by atoms with E-state index in [2.05, 4.69) is 30.3 Å². The van der Waals surface area contributed by atoms with Crippen LogP contribution in [0.3, 0.4) is 0 Å². The van der Waals surface area contributed by atoms with Crippen molar-refractivity contribution in [2.75, 3.05) is 5.43 Å². The molecule has 2 aromatic rings. The van der Waals surface area contributed by atoms with Crippen molar-refractivity contribution in [2.45, 2.75) is 25.9 Å². The zero-order valence-electron chi connectivity index (χ0n) is 11.5. The Balaban J connectivity index is 2.11. The van der Waals surface area contributed by atoms with E-state index in [1.54, 1.807) is 12.1 Å². The van der Waals surface area contributed by atoms with E-state index >= 15 is 0 Å². The van der Waals surface area contributed by atoms with E-state index in [4.69, 9.17) is 11.6 Å². The summed E-state index contributed by atoms with van der Waals surface area (Å²) in [5, 5.41) is 12.4. The maximum Gasteiger partial charge on any atom is 0.115 e. The molecule has 1 heterocycles. The van der Waals surface area contributed by atoms with Crippen LogP contribution in [0.1, 0.15) is 31.0 Å². The van der Waals surface area contributed by atoms with E-state index < -0.39 is 0 Å². The predicted molar refractivity (Wildman–Crippen MR) is 82.0 cm³/mol. The van der Waals surface area contributed by atoms with Crippen LogP contribution in [0.25, 0.3) is 0 Å². The molecule has 0 spiro atoms. The van der Waals surface area contributed by atoms with Gasteiger partial charge in [-0.25, -0.2) is 5.01 Å². The third kappa shape index (κ3) is 2.13. The minimum atomic E-state index is 0.101. The third-order valence-electron chi connectivity index (χ3n) is 3.62. The lowest BCUT2D eigenvalue weighted by molar-refractivity contribution is 0.240. The number of fused-ring (bicyclic) bond motifs is 1. The van der Waals surface area contributed by atoms with Gasteiger partial charge in [-0.3, -0.25) is 0 Å². The lowest BCUT2D eigenvalue weighted by atomic mass is 9.98. The van der Waals surface area contributed by atoms with Gasteiger partial charge in [0.15, 0.2) is 0 Å². The molecular weight excluding hydrogens is 272 g/mol. The minimum absolute atomic E-state index is 0.101. The maximum absolute atomic E-state index is 9.46. The number of anilines is 1. The number of phenols is 1. The lowest BCUT2D eigenvalue weighted by Gasteiger charge is -2.28. The van der Waals surface area contributed by atoms with Crippen LogP contribution in [0.2, 0.25) is 5.02 Å². The first-order chi connectivity index (χ1) is 9.58. The summed E-state index contributed by atoms with van der Waals surface area (Å²) >= 11 is 6.29. The Morgan fingerprint density at radius 1 is 1.15 bits per heavy atom. The Hall–Kier alpha value is -1.71. The van der Waals surface area contributed by atoms with Gasteiger partial charge in [-0.2, -0.15) is 0 Å². The molecule has 2 N–H and O–H groups in total. The summed E-state index contributed by atoms with van der Waals surface area (Å²) in [4.78, 5) is 0. The highest BCUT2D eigenvalue weighted by Crippen LogP contribution is 2.43. The smallest absolute Gasteiger partial charge is 0.115 e. The number of hydrogen-bond donors (Lipinski definition) is 2. The van der Waals surface area contributed by atoms with Crippen LogP contribution >= 0.6 is 11.6 Å². The highest BCUT2D eigenvalue weighted by atomic mass is 35.5. The molecule has 0 bridgehead atoms. The van der Waals surface area contributed by atoms with Gasteiger partial charge in [-0.05, 0) is 37.6 Å². The summed E-state index contributed by atoms with van der Waals surface area (Å²) in [7, 11) is 0. The molecule has 20 heavy (non-hydrogen) atoms. The van der Waals surface area contributed by atoms with Crippen LogP contribution in [0.15, 0.2) is 42.5 Å². The van der Waals surface area contributed by atoms with Gasteiger partial charge in [0.05, 0.1) is 16.8 Å². The normalized spacial score (nSPS) is 18.1. The first kappa shape index (κ1) is 13.3. The van der Waals surface area contributed by atoms with Crippen molar-refractivity contribution >= 4 is 17.3 Å². The van der Waals surface area contributed by atoms with E-state index in [9.17, 15) is 5.11 Å². The second-order valence-electron chi connectivity index (χ2n) is 5.31. The SMILES string of the molecule is CC(C)N1Nc2c(Cl)cccc2C1c1ccc(O)cc1. The summed E-state index contributed by atoms with van der Waals surface area (Å²) in [6, 6.07) is 13.7. The fourth-order valence-electron chi connectivity index (χ4n) is 2.65. The molecule has 4 heteroatoms. The van der Waals surface area contributed by atoms with E-state index in [-0.39, 0.29) is 11.8 Å². The molecule has 0 aliphatic carbocycles.